The van der Waals surface area contributed by atoms with Gasteiger partial charge in [0, 0.05) is 0 Å². The third kappa shape index (κ3) is 1.85. The fourth-order valence-electron chi connectivity index (χ4n) is 1.57. The van der Waals surface area contributed by atoms with Crippen molar-refractivity contribution < 1.29 is 22.7 Å². The molecular formula is C10H8F3N3O2. The van der Waals surface area contributed by atoms with Crippen molar-refractivity contribution in [2.24, 2.45) is 5.73 Å². The second-order valence-electron chi connectivity index (χ2n) is 3.49. The zero-order valence-electron chi connectivity index (χ0n) is 9.13. The number of nitrogens with one attached hydrogen (secondary N) is 1. The van der Waals surface area contributed by atoms with E-state index in [9.17, 15) is 18.0 Å². The Bertz CT molecular complexity index is 619. The Kier molecular flexibility index (Phi) is 2.64. The highest BCUT2D eigenvalue weighted by molar-refractivity contribution is 6.05. The lowest BCUT2D eigenvalue weighted by molar-refractivity contribution is -0.144. The minimum atomic E-state index is -4.64. The molecule has 96 valence electrons. The molecule has 2 aromatic rings. The van der Waals surface area contributed by atoms with E-state index in [0.717, 1.165) is 0 Å². The molecule has 0 saturated heterocycles. The summed E-state index contributed by atoms with van der Waals surface area (Å²) >= 11 is 0. The summed E-state index contributed by atoms with van der Waals surface area (Å²) < 4.78 is 42.5. The number of alkyl halides is 3. The smallest absolute Gasteiger partial charge is 0.449 e. The molecule has 1 amide bonds. The van der Waals surface area contributed by atoms with Crippen LogP contribution in [0.5, 0.6) is 5.75 Å². The molecule has 0 bridgehead atoms. The Morgan fingerprint density at radius 1 is 1.44 bits per heavy atom. The Balaban J connectivity index is 2.78. The summed E-state index contributed by atoms with van der Waals surface area (Å²) in [6.45, 7) is 0. The molecule has 0 saturated carbocycles. The van der Waals surface area contributed by atoms with Gasteiger partial charge in [0.2, 0.25) is 5.82 Å². The summed E-state index contributed by atoms with van der Waals surface area (Å²) in [6, 6.07) is 2.62. The highest BCUT2D eigenvalue weighted by atomic mass is 19.4. The lowest BCUT2D eigenvalue weighted by Gasteiger charge is -2.02. The first-order valence-electron chi connectivity index (χ1n) is 4.78. The zero-order valence-corrected chi connectivity index (χ0v) is 9.13. The largest absolute Gasteiger partial charge is 0.494 e. The van der Waals surface area contributed by atoms with Crippen LogP contribution < -0.4 is 10.5 Å². The van der Waals surface area contributed by atoms with Gasteiger partial charge in [-0.25, -0.2) is 4.98 Å². The number of fused-ring (bicyclic) bond motifs is 1. The number of carbonyl (C=O) groups excluding carboxylic acids is 1. The van der Waals surface area contributed by atoms with Crippen molar-refractivity contribution in [2.75, 3.05) is 7.11 Å². The van der Waals surface area contributed by atoms with E-state index in [0.29, 0.717) is 0 Å². The summed E-state index contributed by atoms with van der Waals surface area (Å²) in [6.07, 6.45) is -4.64. The van der Waals surface area contributed by atoms with Crippen LogP contribution >= 0.6 is 0 Å². The number of hydrogen-bond acceptors (Lipinski definition) is 3. The Morgan fingerprint density at radius 3 is 2.61 bits per heavy atom. The van der Waals surface area contributed by atoms with Crippen LogP contribution in [-0.2, 0) is 6.18 Å². The second kappa shape index (κ2) is 3.90. The van der Waals surface area contributed by atoms with Gasteiger partial charge in [0.05, 0.1) is 12.7 Å². The molecule has 0 unspecified atom stereocenters. The van der Waals surface area contributed by atoms with Crippen LogP contribution in [0.15, 0.2) is 12.1 Å². The van der Waals surface area contributed by atoms with E-state index < -0.39 is 17.9 Å². The van der Waals surface area contributed by atoms with Gasteiger partial charge in [0.25, 0.3) is 5.91 Å². The van der Waals surface area contributed by atoms with Gasteiger partial charge in [-0.1, -0.05) is 0 Å². The van der Waals surface area contributed by atoms with Crippen LogP contribution in [-0.4, -0.2) is 23.0 Å². The van der Waals surface area contributed by atoms with Crippen LogP contribution in [0.25, 0.3) is 11.0 Å². The van der Waals surface area contributed by atoms with Crippen LogP contribution in [0.2, 0.25) is 0 Å². The monoisotopic (exact) mass is 259 g/mol. The maximum atomic E-state index is 12.5. The lowest BCUT2D eigenvalue weighted by Crippen LogP contribution is -2.11. The van der Waals surface area contributed by atoms with E-state index in [1.165, 1.54) is 19.2 Å². The van der Waals surface area contributed by atoms with E-state index in [4.69, 9.17) is 10.5 Å². The van der Waals surface area contributed by atoms with Crippen LogP contribution in [0, 0.1) is 0 Å². The zero-order chi connectivity index (χ0) is 13.5. The topological polar surface area (TPSA) is 81.0 Å². The predicted molar refractivity (Wildman–Crippen MR) is 56.2 cm³/mol. The molecule has 5 nitrogen and oxygen atoms in total. The number of benzene rings is 1. The molecule has 1 aromatic heterocycles. The normalized spacial score (nSPS) is 11.8. The Labute approximate surface area is 98.7 Å². The number of rotatable bonds is 2. The van der Waals surface area contributed by atoms with Gasteiger partial charge in [-0.2, -0.15) is 13.2 Å². The molecule has 2 rings (SSSR count). The molecule has 18 heavy (non-hydrogen) atoms. The van der Waals surface area contributed by atoms with Crippen LogP contribution in [0.3, 0.4) is 0 Å². The van der Waals surface area contributed by atoms with E-state index in [2.05, 4.69) is 9.97 Å². The molecule has 0 radical (unpaired) electrons. The van der Waals surface area contributed by atoms with Crippen molar-refractivity contribution in [1.29, 1.82) is 0 Å². The summed E-state index contributed by atoms with van der Waals surface area (Å²) in [5.74, 6) is -1.91. The van der Waals surface area contributed by atoms with Gasteiger partial charge in [-0.05, 0) is 12.1 Å². The van der Waals surface area contributed by atoms with Crippen molar-refractivity contribution >= 4 is 16.9 Å². The number of carbonyl (C=O) groups is 1. The van der Waals surface area contributed by atoms with Crippen LogP contribution in [0.4, 0.5) is 13.2 Å². The number of aromatic amines is 1. The fraction of sp³-hybridized carbons (Fsp3) is 0.200. The number of aromatic nitrogens is 2. The second-order valence-corrected chi connectivity index (χ2v) is 3.49. The standard InChI is InChI=1S/C10H8F3N3O2/c1-18-5-3-2-4(8(14)17)6-7(5)16-9(15-6)10(11,12)13/h2-3H,1H3,(H2,14,17)(H,15,16). The minimum Gasteiger partial charge on any atom is -0.494 e. The van der Waals surface area contributed by atoms with Crippen molar-refractivity contribution in [3.05, 3.63) is 23.5 Å². The summed E-state index contributed by atoms with van der Waals surface area (Å²) in [4.78, 5) is 16.6. The number of ether oxygens (including phenoxy) is 1. The molecule has 1 heterocycles. The first-order valence-corrected chi connectivity index (χ1v) is 4.78. The maximum absolute atomic E-state index is 12.5. The quantitative estimate of drug-likeness (QED) is 0.861. The molecule has 0 spiro atoms. The number of nitrogens with two attached hydrogens (primary N) is 1. The van der Waals surface area contributed by atoms with Gasteiger partial charge in [0.15, 0.2) is 0 Å². The summed E-state index contributed by atoms with van der Waals surface area (Å²) in [7, 11) is 1.30. The highest BCUT2D eigenvalue weighted by Gasteiger charge is 2.35. The number of amides is 1. The van der Waals surface area contributed by atoms with Gasteiger partial charge in [0.1, 0.15) is 16.8 Å². The molecule has 0 aliphatic heterocycles. The van der Waals surface area contributed by atoms with Crippen molar-refractivity contribution in [3.63, 3.8) is 0 Å². The maximum Gasteiger partial charge on any atom is 0.449 e. The number of methoxy groups -OCH3 is 1. The molecule has 0 aliphatic carbocycles. The summed E-state index contributed by atoms with van der Waals surface area (Å²) in [5.41, 5.74) is 4.80. The van der Waals surface area contributed by atoms with Gasteiger partial charge in [-0.15, -0.1) is 0 Å². The Hall–Kier alpha value is -2.25. The number of halogens is 3. The molecule has 8 heteroatoms. The molecule has 0 atom stereocenters. The molecular weight excluding hydrogens is 251 g/mol. The lowest BCUT2D eigenvalue weighted by atomic mass is 10.1. The number of H-pyrrole nitrogens is 1. The van der Waals surface area contributed by atoms with E-state index in [-0.39, 0.29) is 22.3 Å². The third-order valence-corrected chi connectivity index (χ3v) is 2.36. The number of hydrogen-bond donors (Lipinski definition) is 2. The molecule has 3 N–H and O–H groups in total. The number of primary amides is 1. The fourth-order valence-corrected chi connectivity index (χ4v) is 1.57. The van der Waals surface area contributed by atoms with Gasteiger partial charge in [-0.3, -0.25) is 4.79 Å². The highest BCUT2D eigenvalue weighted by Crippen LogP contribution is 2.32. The van der Waals surface area contributed by atoms with Crippen molar-refractivity contribution in [3.8, 4) is 5.75 Å². The Morgan fingerprint density at radius 2 is 2.11 bits per heavy atom. The van der Waals surface area contributed by atoms with Crippen molar-refractivity contribution in [1.82, 2.24) is 9.97 Å². The first-order chi connectivity index (χ1) is 8.34. The SMILES string of the molecule is COc1ccc(C(N)=O)c2nc(C(F)(F)F)[nH]c12. The first kappa shape index (κ1) is 12.2. The van der Waals surface area contributed by atoms with E-state index in [1.54, 1.807) is 0 Å². The average molecular weight is 259 g/mol. The van der Waals surface area contributed by atoms with E-state index in [1.807, 2.05) is 0 Å². The molecule has 0 aliphatic rings. The van der Waals surface area contributed by atoms with E-state index >= 15 is 0 Å². The van der Waals surface area contributed by atoms with Crippen LogP contribution in [0.1, 0.15) is 16.2 Å². The van der Waals surface area contributed by atoms with Crippen molar-refractivity contribution in [2.45, 2.75) is 6.18 Å². The van der Waals surface area contributed by atoms with Gasteiger partial charge < -0.3 is 15.5 Å². The third-order valence-electron chi connectivity index (χ3n) is 2.36. The minimum absolute atomic E-state index is 0.0128. The van der Waals surface area contributed by atoms with Gasteiger partial charge >= 0.3 is 6.18 Å². The number of nitrogens with zero attached hydrogens (tertiary/aromatic N) is 1. The molecule has 1 aromatic carbocycles. The molecule has 0 fully saturated rings. The predicted octanol–water partition coefficient (Wildman–Crippen LogP) is 1.69. The average Bonchev–Trinajstić information content (AvgIpc) is 2.71. The summed E-state index contributed by atoms with van der Waals surface area (Å²) in [5, 5.41) is 0. The number of imidazole rings is 1.